The molecule has 0 radical (unpaired) electrons. The number of rotatable bonds is 6. The Balaban J connectivity index is 1.01. The summed E-state index contributed by atoms with van der Waals surface area (Å²) in [5.41, 5.74) is 24.2. The molecular weight excluding hydrogens is 829 g/mol. The predicted molar refractivity (Wildman–Crippen MR) is 288 cm³/mol. The number of nitrogens with zero attached hydrogens (tertiary/aromatic N) is 2. The van der Waals surface area contributed by atoms with Gasteiger partial charge in [0.2, 0.25) is 0 Å². The minimum Gasteiger partial charge on any atom is -0.172 e. The van der Waals surface area contributed by atoms with Gasteiger partial charge in [-0.3, -0.25) is 0 Å². The van der Waals surface area contributed by atoms with E-state index in [1.165, 1.54) is 155 Å². The van der Waals surface area contributed by atoms with Crippen molar-refractivity contribution < 1.29 is 0 Å². The zero-order valence-electron chi connectivity index (χ0n) is 38.6. The Morgan fingerprint density at radius 3 is 0.791 bits per heavy atom. The van der Waals surface area contributed by atoms with Crippen LogP contribution in [-0.2, 0) is 0 Å². The van der Waals surface area contributed by atoms with Gasteiger partial charge < -0.3 is 0 Å². The summed E-state index contributed by atoms with van der Waals surface area (Å²) in [5.74, 6) is 0. The zero-order valence-corrected chi connectivity index (χ0v) is 39.4. The molecule has 0 spiro atoms. The van der Waals surface area contributed by atoms with Crippen LogP contribution >= 0.6 is 11.7 Å². The highest BCUT2D eigenvalue weighted by Gasteiger charge is 2.26. The average Bonchev–Trinajstić information content (AvgIpc) is 3.84. The van der Waals surface area contributed by atoms with Gasteiger partial charge in [0.25, 0.3) is 0 Å². The summed E-state index contributed by atoms with van der Waals surface area (Å²) in [6.07, 6.45) is 0. The van der Waals surface area contributed by atoms with E-state index in [4.69, 9.17) is 8.75 Å². The van der Waals surface area contributed by atoms with Crippen LogP contribution in [0.15, 0.2) is 182 Å². The van der Waals surface area contributed by atoms with E-state index >= 15 is 0 Å². The SMILES string of the molecule is Cc1cc(-c2c(C)c(C)c(-c3cc(C)c(-c4c5ccccc5c(-c5ccccc5)c5ccccc45)cc3C)c3nsnc23)c(C)cc1-c1c2ccccc2c(-c2ccccc2)c2ccccc12. The minimum atomic E-state index is 0.969. The van der Waals surface area contributed by atoms with Crippen molar-refractivity contribution in [3.05, 3.63) is 215 Å². The molecule has 0 fully saturated rings. The lowest BCUT2D eigenvalue weighted by Gasteiger charge is -2.22. The van der Waals surface area contributed by atoms with Gasteiger partial charge in [-0.2, -0.15) is 8.75 Å². The molecule has 0 saturated heterocycles. The summed E-state index contributed by atoms with van der Waals surface area (Å²) in [4.78, 5) is 0. The van der Waals surface area contributed by atoms with E-state index in [0.29, 0.717) is 0 Å². The molecule has 0 aliphatic carbocycles. The van der Waals surface area contributed by atoms with Gasteiger partial charge in [0.15, 0.2) is 0 Å². The average molecular weight is 877 g/mol. The van der Waals surface area contributed by atoms with Crippen molar-refractivity contribution in [3.63, 3.8) is 0 Å². The van der Waals surface area contributed by atoms with Crippen molar-refractivity contribution in [2.45, 2.75) is 41.5 Å². The monoisotopic (exact) mass is 876 g/mol. The molecule has 12 aromatic rings. The predicted octanol–water partition coefficient (Wildman–Crippen LogP) is 18.2. The highest BCUT2D eigenvalue weighted by atomic mass is 32.1. The first-order chi connectivity index (χ1) is 32.8. The highest BCUT2D eigenvalue weighted by Crippen LogP contribution is 2.49. The molecule has 67 heavy (non-hydrogen) atoms. The van der Waals surface area contributed by atoms with Crippen molar-refractivity contribution in [1.29, 1.82) is 0 Å². The number of aryl methyl sites for hydroxylation is 4. The molecule has 0 saturated carbocycles. The van der Waals surface area contributed by atoms with Crippen LogP contribution in [0.3, 0.4) is 0 Å². The van der Waals surface area contributed by atoms with E-state index in [-0.39, 0.29) is 0 Å². The van der Waals surface area contributed by atoms with E-state index in [0.717, 1.165) is 11.0 Å². The van der Waals surface area contributed by atoms with Gasteiger partial charge in [-0.05, 0) is 174 Å². The number of aromatic nitrogens is 2. The van der Waals surface area contributed by atoms with Gasteiger partial charge in [-0.15, -0.1) is 0 Å². The highest BCUT2D eigenvalue weighted by molar-refractivity contribution is 7.00. The Morgan fingerprint density at radius 2 is 0.507 bits per heavy atom. The molecule has 0 amide bonds. The van der Waals surface area contributed by atoms with Gasteiger partial charge in [-0.25, -0.2) is 0 Å². The Kier molecular flexibility index (Phi) is 9.74. The van der Waals surface area contributed by atoms with Crippen LogP contribution in [0.4, 0.5) is 0 Å². The molecule has 1 heterocycles. The zero-order chi connectivity index (χ0) is 45.5. The summed E-state index contributed by atoms with van der Waals surface area (Å²) in [6, 6.07) is 67.0. The molecule has 0 unspecified atom stereocenters. The Labute approximate surface area is 396 Å². The fraction of sp³-hybridized carbons (Fsp3) is 0.0938. The maximum Gasteiger partial charge on any atom is 0.113 e. The topological polar surface area (TPSA) is 25.8 Å². The Hall–Kier alpha value is -7.72. The number of hydrogen-bond donors (Lipinski definition) is 0. The van der Waals surface area contributed by atoms with Crippen LogP contribution in [0.5, 0.6) is 0 Å². The fourth-order valence-corrected chi connectivity index (χ4v) is 11.8. The molecule has 320 valence electrons. The molecule has 12 rings (SSSR count). The van der Waals surface area contributed by atoms with E-state index < -0.39 is 0 Å². The van der Waals surface area contributed by atoms with Crippen LogP contribution in [-0.4, -0.2) is 8.75 Å². The van der Waals surface area contributed by atoms with Gasteiger partial charge in [0.05, 0.1) is 11.7 Å². The third-order valence-electron chi connectivity index (χ3n) is 14.5. The molecule has 0 bridgehead atoms. The van der Waals surface area contributed by atoms with Crippen LogP contribution in [0.25, 0.3) is 121 Å². The normalized spacial score (nSPS) is 11.7. The van der Waals surface area contributed by atoms with Crippen molar-refractivity contribution in [1.82, 2.24) is 8.75 Å². The molecule has 0 N–H and O–H groups in total. The lowest BCUT2D eigenvalue weighted by atomic mass is 9.81. The molecule has 2 nitrogen and oxygen atoms in total. The summed E-state index contributed by atoms with van der Waals surface area (Å²) in [6.45, 7) is 13.6. The number of hydrogen-bond acceptors (Lipinski definition) is 3. The van der Waals surface area contributed by atoms with Crippen molar-refractivity contribution >= 4 is 65.9 Å². The van der Waals surface area contributed by atoms with Gasteiger partial charge in [0.1, 0.15) is 11.0 Å². The van der Waals surface area contributed by atoms with Crippen molar-refractivity contribution in [3.8, 4) is 66.8 Å². The lowest BCUT2D eigenvalue weighted by molar-refractivity contribution is 1.31. The first kappa shape index (κ1) is 40.8. The summed E-state index contributed by atoms with van der Waals surface area (Å²) >= 11 is 1.31. The standard InChI is InChI=1S/C64H48N2S/c1-37-35-55(61-49-29-17-13-25-45(49)59(43-21-9-7-10-22-43)46-26-14-18-30-50(46)61)39(3)33-53(37)57-41(5)42(6)58(64-63(57)65-67-66-64)54-34-40(4)56(36-38(54)2)62-51-31-19-15-27-47(51)60(44-23-11-8-12-24-44)48-28-16-20-32-52(48)62/h7-36H,1-6H3. The largest absolute Gasteiger partial charge is 0.172 e. The summed E-state index contributed by atoms with van der Waals surface area (Å²) in [7, 11) is 0. The molecule has 3 heteroatoms. The summed E-state index contributed by atoms with van der Waals surface area (Å²) < 4.78 is 10.2. The second-order valence-corrected chi connectivity index (χ2v) is 18.9. The van der Waals surface area contributed by atoms with Crippen molar-refractivity contribution in [2.24, 2.45) is 0 Å². The Bertz CT molecular complexity index is 3600. The van der Waals surface area contributed by atoms with Crippen LogP contribution in [0, 0.1) is 41.5 Å². The minimum absolute atomic E-state index is 0.969. The fourth-order valence-electron chi connectivity index (χ4n) is 11.3. The molecular formula is C64H48N2S. The quantitative estimate of drug-likeness (QED) is 0.156. The second kappa shape index (κ2) is 16.0. The second-order valence-electron chi connectivity index (χ2n) is 18.3. The van der Waals surface area contributed by atoms with Crippen molar-refractivity contribution in [2.75, 3.05) is 0 Å². The maximum atomic E-state index is 5.10. The van der Waals surface area contributed by atoms with E-state index in [1.54, 1.807) is 0 Å². The maximum absolute atomic E-state index is 5.10. The molecule has 0 aliphatic heterocycles. The van der Waals surface area contributed by atoms with Crippen LogP contribution in [0.1, 0.15) is 33.4 Å². The van der Waals surface area contributed by atoms with E-state index in [1.807, 2.05) is 0 Å². The van der Waals surface area contributed by atoms with Gasteiger partial charge in [-0.1, -0.05) is 182 Å². The lowest BCUT2D eigenvalue weighted by Crippen LogP contribution is -2.00. The van der Waals surface area contributed by atoms with E-state index in [2.05, 4.69) is 224 Å². The molecule has 0 atom stereocenters. The van der Waals surface area contributed by atoms with Gasteiger partial charge in [0, 0.05) is 11.1 Å². The van der Waals surface area contributed by atoms with Crippen LogP contribution in [0.2, 0.25) is 0 Å². The smallest absolute Gasteiger partial charge is 0.113 e. The Morgan fingerprint density at radius 1 is 0.269 bits per heavy atom. The third-order valence-corrected chi connectivity index (χ3v) is 15.0. The van der Waals surface area contributed by atoms with Gasteiger partial charge >= 0.3 is 0 Å². The molecule has 1 aromatic heterocycles. The first-order valence-electron chi connectivity index (χ1n) is 23.3. The third kappa shape index (κ3) is 6.37. The summed E-state index contributed by atoms with van der Waals surface area (Å²) in [5, 5.41) is 10.1. The number of fused-ring (bicyclic) bond motifs is 5. The molecule has 0 aliphatic rings. The number of benzene rings is 11. The van der Waals surface area contributed by atoms with Crippen LogP contribution < -0.4 is 0 Å². The van der Waals surface area contributed by atoms with E-state index in [9.17, 15) is 0 Å². The molecule has 11 aromatic carbocycles. The first-order valence-corrected chi connectivity index (χ1v) is 24.0.